The predicted molar refractivity (Wildman–Crippen MR) is 82.9 cm³/mol. The van der Waals surface area contributed by atoms with E-state index < -0.39 is 10.0 Å². The van der Waals surface area contributed by atoms with Crippen LogP contribution in [-0.2, 0) is 10.0 Å². The number of piperidine rings is 1. The number of amides is 2. The summed E-state index contributed by atoms with van der Waals surface area (Å²) in [5, 5.41) is 7.42. The quantitative estimate of drug-likeness (QED) is 0.880. The van der Waals surface area contributed by atoms with Crippen LogP contribution in [-0.4, -0.2) is 43.9 Å². The van der Waals surface area contributed by atoms with E-state index in [1.807, 2.05) is 13.8 Å². The van der Waals surface area contributed by atoms with Crippen LogP contribution in [0.1, 0.15) is 26.7 Å². The minimum Gasteiger partial charge on any atom is -0.336 e. The molecule has 8 heteroatoms. The van der Waals surface area contributed by atoms with Crippen molar-refractivity contribution in [3.8, 4) is 0 Å². The Labute approximate surface area is 129 Å². The maximum atomic E-state index is 12.4. The van der Waals surface area contributed by atoms with Crippen molar-refractivity contribution in [1.82, 2.24) is 14.9 Å². The summed E-state index contributed by atoms with van der Waals surface area (Å²) < 4.78 is 26.6. The van der Waals surface area contributed by atoms with Gasteiger partial charge in [-0.1, -0.05) is 6.07 Å². The van der Waals surface area contributed by atoms with Gasteiger partial charge in [0, 0.05) is 25.2 Å². The Morgan fingerprint density at radius 2 is 2.05 bits per heavy atom. The van der Waals surface area contributed by atoms with Gasteiger partial charge in [-0.2, -0.15) is 4.31 Å². The average molecular weight is 331 g/mol. The van der Waals surface area contributed by atoms with E-state index in [4.69, 9.17) is 0 Å². The van der Waals surface area contributed by atoms with Crippen LogP contribution in [0.15, 0.2) is 21.7 Å². The lowest BCUT2D eigenvalue weighted by Gasteiger charge is -2.31. The summed E-state index contributed by atoms with van der Waals surface area (Å²) >= 11 is 1.23. The molecule has 0 radical (unpaired) electrons. The molecular formula is C13H21N3O3S2. The van der Waals surface area contributed by atoms with Gasteiger partial charge in [-0.05, 0) is 38.1 Å². The Kier molecular flexibility index (Phi) is 5.23. The fraction of sp³-hybridized carbons (Fsp3) is 0.615. The lowest BCUT2D eigenvalue weighted by Crippen LogP contribution is -2.50. The average Bonchev–Trinajstić information content (AvgIpc) is 2.92. The molecule has 1 saturated heterocycles. The van der Waals surface area contributed by atoms with Crippen molar-refractivity contribution in [2.45, 2.75) is 43.0 Å². The van der Waals surface area contributed by atoms with E-state index >= 15 is 0 Å². The van der Waals surface area contributed by atoms with Gasteiger partial charge in [-0.15, -0.1) is 11.3 Å². The molecule has 0 spiro atoms. The highest BCUT2D eigenvalue weighted by Crippen LogP contribution is 2.24. The third-order valence-corrected chi connectivity index (χ3v) is 6.57. The van der Waals surface area contributed by atoms with E-state index in [2.05, 4.69) is 10.6 Å². The summed E-state index contributed by atoms with van der Waals surface area (Å²) in [7, 11) is -3.37. The van der Waals surface area contributed by atoms with Crippen LogP contribution >= 0.6 is 11.3 Å². The number of urea groups is 1. The number of hydrogen-bond donors (Lipinski definition) is 2. The molecule has 21 heavy (non-hydrogen) atoms. The van der Waals surface area contributed by atoms with Crippen molar-refractivity contribution < 1.29 is 13.2 Å². The molecule has 0 saturated carbocycles. The standard InChI is InChI=1S/C13H21N3O3S2/c1-10(2)14-13(17)15-11-5-7-16(8-6-11)21(18,19)12-4-3-9-20-12/h3-4,9-11H,5-8H2,1-2H3,(H2,14,15,17). The number of rotatable bonds is 4. The summed E-state index contributed by atoms with van der Waals surface area (Å²) in [6.07, 6.45) is 1.27. The maximum Gasteiger partial charge on any atom is 0.315 e. The Hall–Kier alpha value is -1.12. The lowest BCUT2D eigenvalue weighted by molar-refractivity contribution is 0.225. The minimum atomic E-state index is -3.37. The monoisotopic (exact) mass is 331 g/mol. The van der Waals surface area contributed by atoms with Gasteiger partial charge in [0.1, 0.15) is 4.21 Å². The van der Waals surface area contributed by atoms with Crippen molar-refractivity contribution in [2.24, 2.45) is 0 Å². The zero-order chi connectivity index (χ0) is 15.5. The van der Waals surface area contributed by atoms with Crippen LogP contribution < -0.4 is 10.6 Å². The Morgan fingerprint density at radius 1 is 1.38 bits per heavy atom. The van der Waals surface area contributed by atoms with E-state index in [-0.39, 0.29) is 18.1 Å². The van der Waals surface area contributed by atoms with Crippen LogP contribution in [0, 0.1) is 0 Å². The Morgan fingerprint density at radius 3 is 2.57 bits per heavy atom. The molecule has 1 fully saturated rings. The lowest BCUT2D eigenvalue weighted by atomic mass is 10.1. The number of thiophene rings is 1. The van der Waals surface area contributed by atoms with Gasteiger partial charge in [0.2, 0.25) is 0 Å². The zero-order valence-corrected chi connectivity index (χ0v) is 13.8. The second-order valence-corrected chi connectivity index (χ2v) is 8.50. The van der Waals surface area contributed by atoms with Crippen molar-refractivity contribution in [3.63, 3.8) is 0 Å². The van der Waals surface area contributed by atoms with E-state index in [0.29, 0.717) is 30.1 Å². The first-order chi connectivity index (χ1) is 9.89. The molecule has 2 amide bonds. The van der Waals surface area contributed by atoms with Crippen LogP contribution in [0.2, 0.25) is 0 Å². The van der Waals surface area contributed by atoms with Gasteiger partial charge >= 0.3 is 6.03 Å². The van der Waals surface area contributed by atoms with Crippen LogP contribution in [0.25, 0.3) is 0 Å². The summed E-state index contributed by atoms with van der Waals surface area (Å²) in [5.74, 6) is 0. The molecule has 2 rings (SSSR count). The molecule has 1 aromatic heterocycles. The molecule has 0 aromatic carbocycles. The normalized spacial score (nSPS) is 17.9. The van der Waals surface area contributed by atoms with Gasteiger partial charge in [-0.25, -0.2) is 13.2 Å². The first kappa shape index (κ1) is 16.3. The fourth-order valence-corrected chi connectivity index (χ4v) is 4.88. The number of sulfonamides is 1. The van der Waals surface area contributed by atoms with Crippen LogP contribution in [0.3, 0.4) is 0 Å². The molecule has 0 atom stereocenters. The SMILES string of the molecule is CC(C)NC(=O)NC1CCN(S(=O)(=O)c2cccs2)CC1. The highest BCUT2D eigenvalue weighted by Gasteiger charge is 2.30. The highest BCUT2D eigenvalue weighted by atomic mass is 32.2. The fourth-order valence-electron chi connectivity index (χ4n) is 2.27. The van der Waals surface area contributed by atoms with Crippen molar-refractivity contribution in [1.29, 1.82) is 0 Å². The molecule has 0 aliphatic carbocycles. The molecule has 1 aromatic rings. The second-order valence-electron chi connectivity index (χ2n) is 5.38. The zero-order valence-electron chi connectivity index (χ0n) is 12.2. The van der Waals surface area contributed by atoms with Gasteiger partial charge in [0.15, 0.2) is 0 Å². The number of hydrogen-bond acceptors (Lipinski definition) is 4. The molecule has 0 bridgehead atoms. The third-order valence-electron chi connectivity index (χ3n) is 3.30. The van der Waals surface area contributed by atoms with Crippen LogP contribution in [0.5, 0.6) is 0 Å². The molecule has 6 nitrogen and oxygen atoms in total. The summed E-state index contributed by atoms with van der Waals surface area (Å²) in [5.41, 5.74) is 0. The molecule has 1 aliphatic rings. The number of nitrogens with zero attached hydrogens (tertiary/aromatic N) is 1. The molecule has 118 valence electrons. The van der Waals surface area contributed by atoms with Gasteiger partial charge < -0.3 is 10.6 Å². The molecule has 2 N–H and O–H groups in total. The first-order valence-electron chi connectivity index (χ1n) is 7.00. The second kappa shape index (κ2) is 6.76. The molecule has 0 unspecified atom stereocenters. The largest absolute Gasteiger partial charge is 0.336 e. The Balaban J connectivity index is 1.88. The maximum absolute atomic E-state index is 12.4. The summed E-state index contributed by atoms with van der Waals surface area (Å²) in [4.78, 5) is 11.6. The highest BCUT2D eigenvalue weighted by molar-refractivity contribution is 7.91. The van der Waals surface area contributed by atoms with E-state index in [9.17, 15) is 13.2 Å². The van der Waals surface area contributed by atoms with Crippen molar-refractivity contribution >= 4 is 27.4 Å². The van der Waals surface area contributed by atoms with Crippen molar-refractivity contribution in [2.75, 3.05) is 13.1 Å². The molecule has 1 aliphatic heterocycles. The molecular weight excluding hydrogens is 310 g/mol. The minimum absolute atomic E-state index is 0.0264. The summed E-state index contributed by atoms with van der Waals surface area (Å²) in [6.45, 7) is 4.67. The van der Waals surface area contributed by atoms with Gasteiger partial charge in [0.05, 0.1) is 0 Å². The van der Waals surface area contributed by atoms with E-state index in [1.165, 1.54) is 15.6 Å². The number of carbonyl (C=O) groups is 1. The predicted octanol–water partition coefficient (Wildman–Crippen LogP) is 1.61. The number of carbonyl (C=O) groups excluding carboxylic acids is 1. The van der Waals surface area contributed by atoms with Crippen LogP contribution in [0.4, 0.5) is 4.79 Å². The molecule has 2 heterocycles. The third kappa shape index (κ3) is 4.18. The van der Waals surface area contributed by atoms with E-state index in [1.54, 1.807) is 17.5 Å². The number of nitrogens with one attached hydrogen (secondary N) is 2. The van der Waals surface area contributed by atoms with Crippen molar-refractivity contribution in [3.05, 3.63) is 17.5 Å². The smallest absolute Gasteiger partial charge is 0.315 e. The topological polar surface area (TPSA) is 78.5 Å². The van der Waals surface area contributed by atoms with Gasteiger partial charge in [0.25, 0.3) is 10.0 Å². The first-order valence-corrected chi connectivity index (χ1v) is 9.32. The van der Waals surface area contributed by atoms with Gasteiger partial charge in [-0.3, -0.25) is 0 Å². The Bertz CT molecular complexity index is 561. The van der Waals surface area contributed by atoms with E-state index in [0.717, 1.165) is 0 Å². The summed E-state index contributed by atoms with van der Waals surface area (Å²) in [6, 6.07) is 3.29.